The van der Waals surface area contributed by atoms with E-state index in [-0.39, 0.29) is 10.7 Å². The van der Waals surface area contributed by atoms with E-state index in [9.17, 15) is 8.78 Å². The van der Waals surface area contributed by atoms with E-state index in [2.05, 4.69) is 5.10 Å². The Morgan fingerprint density at radius 1 is 1.62 bits per heavy atom. The molecule has 1 aromatic rings. The van der Waals surface area contributed by atoms with Gasteiger partial charge in [-0.25, -0.2) is 4.68 Å². The van der Waals surface area contributed by atoms with Gasteiger partial charge in [0, 0.05) is 6.20 Å². The molecule has 0 radical (unpaired) electrons. The van der Waals surface area contributed by atoms with Crippen molar-refractivity contribution in [3.63, 3.8) is 0 Å². The third-order valence-electron chi connectivity index (χ3n) is 1.50. The summed E-state index contributed by atoms with van der Waals surface area (Å²) in [6.07, 6.45) is 1.07. The van der Waals surface area contributed by atoms with Crippen LogP contribution in [0.5, 0.6) is 0 Å². The zero-order chi connectivity index (χ0) is 10.2. The van der Waals surface area contributed by atoms with Gasteiger partial charge in [0.1, 0.15) is 5.69 Å². The van der Waals surface area contributed by atoms with Crippen molar-refractivity contribution in [3.8, 4) is 0 Å². The highest BCUT2D eigenvalue weighted by Crippen LogP contribution is 2.25. The van der Waals surface area contributed by atoms with E-state index >= 15 is 0 Å². The molecular weight excluding hydrogens is 200 g/mol. The van der Waals surface area contributed by atoms with Crippen LogP contribution < -0.4 is 5.73 Å². The maximum Gasteiger partial charge on any atom is 0.333 e. The molecule has 74 valence electrons. The van der Waals surface area contributed by atoms with Crippen molar-refractivity contribution in [1.29, 1.82) is 0 Å². The minimum Gasteiger partial charge on any atom is -0.320 e. The van der Waals surface area contributed by atoms with Gasteiger partial charge in [-0.05, 0) is 13.8 Å². The Morgan fingerprint density at radius 3 is 2.38 bits per heavy atom. The van der Waals surface area contributed by atoms with Gasteiger partial charge in [-0.15, -0.1) is 0 Å². The lowest BCUT2D eigenvalue weighted by atomic mass is 10.0. The molecule has 0 unspecified atom stereocenters. The first kappa shape index (κ1) is 10.4. The number of rotatable bonds is 2. The summed E-state index contributed by atoms with van der Waals surface area (Å²) in [5.41, 5.74) is 5.13. The highest BCUT2D eigenvalue weighted by Gasteiger charge is 2.23. The molecule has 1 aromatic heterocycles. The third kappa shape index (κ3) is 2.16. The molecule has 0 atom stereocenters. The fraction of sp³-hybridized carbons (Fsp3) is 0.571. The summed E-state index contributed by atoms with van der Waals surface area (Å²) in [5, 5.41) is 3.75. The Hall–Kier alpha value is -0.680. The monoisotopic (exact) mass is 209 g/mol. The van der Waals surface area contributed by atoms with Gasteiger partial charge in [0.25, 0.3) is 0 Å². The van der Waals surface area contributed by atoms with Crippen LogP contribution >= 0.6 is 11.6 Å². The molecule has 0 saturated heterocycles. The summed E-state index contributed by atoms with van der Waals surface area (Å²) in [4.78, 5) is 0. The Bertz CT molecular complexity index is 303. The fourth-order valence-electron chi connectivity index (χ4n) is 0.906. The van der Waals surface area contributed by atoms with Crippen molar-refractivity contribution in [1.82, 2.24) is 9.78 Å². The predicted octanol–water partition coefficient (Wildman–Crippen LogP) is 2.13. The Labute approximate surface area is 79.5 Å². The number of hydrogen-bond acceptors (Lipinski definition) is 2. The third-order valence-corrected chi connectivity index (χ3v) is 1.77. The molecule has 0 bridgehead atoms. The second kappa shape index (κ2) is 3.23. The highest BCUT2D eigenvalue weighted by atomic mass is 35.5. The minimum atomic E-state index is -2.69. The summed E-state index contributed by atoms with van der Waals surface area (Å²) in [5.74, 6) is 0. The maximum atomic E-state index is 12.1. The summed E-state index contributed by atoms with van der Waals surface area (Å²) in [6, 6.07) is 0. The lowest BCUT2D eigenvalue weighted by Gasteiger charge is -2.15. The lowest BCUT2D eigenvalue weighted by Crippen LogP contribution is -2.29. The Kier molecular flexibility index (Phi) is 2.58. The van der Waals surface area contributed by atoms with E-state index in [1.54, 1.807) is 13.8 Å². The summed E-state index contributed by atoms with van der Waals surface area (Å²) in [6.45, 7) is 0.613. The molecule has 0 amide bonds. The van der Waals surface area contributed by atoms with Gasteiger partial charge in [-0.2, -0.15) is 13.9 Å². The van der Waals surface area contributed by atoms with Crippen LogP contribution in [0.4, 0.5) is 8.78 Å². The van der Waals surface area contributed by atoms with Crippen molar-refractivity contribution in [2.75, 3.05) is 0 Å². The molecule has 2 N–H and O–H groups in total. The van der Waals surface area contributed by atoms with Gasteiger partial charge >= 0.3 is 6.55 Å². The van der Waals surface area contributed by atoms with Gasteiger partial charge < -0.3 is 5.73 Å². The predicted molar refractivity (Wildman–Crippen MR) is 45.7 cm³/mol. The normalized spacial score (nSPS) is 12.5. The first-order valence-electron chi connectivity index (χ1n) is 3.64. The molecule has 0 aromatic carbocycles. The molecule has 0 saturated carbocycles. The molecular formula is C7H10ClF2N3. The number of nitrogens with two attached hydrogens (primary N) is 1. The zero-order valence-electron chi connectivity index (χ0n) is 7.26. The summed E-state index contributed by atoms with van der Waals surface area (Å²) in [7, 11) is 0. The van der Waals surface area contributed by atoms with E-state index in [4.69, 9.17) is 17.3 Å². The molecule has 0 aliphatic rings. The number of hydrogen-bond donors (Lipinski definition) is 1. The smallest absolute Gasteiger partial charge is 0.320 e. The number of halogens is 3. The second-order valence-corrected chi connectivity index (χ2v) is 3.71. The standard InChI is InChI=1S/C7H10ClF2N3/c1-7(2,11)5-4(8)3-13(12-5)6(9)10/h3,6H,11H2,1-2H3. The first-order valence-corrected chi connectivity index (χ1v) is 4.02. The van der Waals surface area contributed by atoms with Gasteiger partial charge in [0.15, 0.2) is 0 Å². The molecule has 6 heteroatoms. The topological polar surface area (TPSA) is 43.8 Å². The quantitative estimate of drug-likeness (QED) is 0.811. The minimum absolute atomic E-state index is 0.160. The Balaban J connectivity index is 3.11. The fourth-order valence-corrected chi connectivity index (χ4v) is 1.29. The van der Waals surface area contributed by atoms with E-state index in [0.717, 1.165) is 6.20 Å². The van der Waals surface area contributed by atoms with Crippen LogP contribution in [0.2, 0.25) is 5.02 Å². The maximum absolute atomic E-state index is 12.1. The van der Waals surface area contributed by atoms with Gasteiger partial charge in [-0.3, -0.25) is 0 Å². The Morgan fingerprint density at radius 2 is 2.15 bits per heavy atom. The van der Waals surface area contributed by atoms with Crippen LogP contribution in [0.3, 0.4) is 0 Å². The average Bonchev–Trinajstić information content (AvgIpc) is 2.29. The zero-order valence-corrected chi connectivity index (χ0v) is 8.02. The van der Waals surface area contributed by atoms with E-state index in [1.165, 1.54) is 0 Å². The lowest BCUT2D eigenvalue weighted by molar-refractivity contribution is 0.0558. The van der Waals surface area contributed by atoms with E-state index in [1.807, 2.05) is 0 Å². The SMILES string of the molecule is CC(C)(N)c1nn(C(F)F)cc1Cl. The summed E-state index contributed by atoms with van der Waals surface area (Å²) < 4.78 is 24.8. The van der Waals surface area contributed by atoms with Crippen LogP contribution in [0.1, 0.15) is 26.1 Å². The van der Waals surface area contributed by atoms with Crippen LogP contribution in [-0.4, -0.2) is 9.78 Å². The van der Waals surface area contributed by atoms with E-state index < -0.39 is 12.1 Å². The van der Waals surface area contributed by atoms with Crippen molar-refractivity contribution in [2.45, 2.75) is 25.9 Å². The van der Waals surface area contributed by atoms with Crippen molar-refractivity contribution in [3.05, 3.63) is 16.9 Å². The van der Waals surface area contributed by atoms with Crippen molar-refractivity contribution in [2.24, 2.45) is 5.73 Å². The van der Waals surface area contributed by atoms with Crippen LogP contribution in [0.25, 0.3) is 0 Å². The van der Waals surface area contributed by atoms with Crippen molar-refractivity contribution >= 4 is 11.6 Å². The number of alkyl halides is 2. The molecule has 1 heterocycles. The number of aromatic nitrogens is 2. The molecule has 0 aliphatic carbocycles. The molecule has 0 spiro atoms. The molecule has 3 nitrogen and oxygen atoms in total. The molecule has 0 fully saturated rings. The average molecular weight is 210 g/mol. The highest BCUT2D eigenvalue weighted by molar-refractivity contribution is 6.31. The van der Waals surface area contributed by atoms with Crippen LogP contribution in [-0.2, 0) is 5.54 Å². The van der Waals surface area contributed by atoms with Crippen LogP contribution in [0, 0.1) is 0 Å². The van der Waals surface area contributed by atoms with E-state index in [0.29, 0.717) is 4.68 Å². The number of nitrogens with zero attached hydrogens (tertiary/aromatic N) is 2. The van der Waals surface area contributed by atoms with Crippen LogP contribution in [0.15, 0.2) is 6.20 Å². The summed E-state index contributed by atoms with van der Waals surface area (Å²) >= 11 is 5.68. The second-order valence-electron chi connectivity index (χ2n) is 3.31. The molecule has 13 heavy (non-hydrogen) atoms. The van der Waals surface area contributed by atoms with Gasteiger partial charge in [-0.1, -0.05) is 11.6 Å². The largest absolute Gasteiger partial charge is 0.333 e. The van der Waals surface area contributed by atoms with Crippen molar-refractivity contribution < 1.29 is 8.78 Å². The molecule has 0 aliphatic heterocycles. The first-order chi connectivity index (χ1) is 5.82. The molecule has 1 rings (SSSR count). The van der Waals surface area contributed by atoms with Gasteiger partial charge in [0.05, 0.1) is 10.6 Å². The van der Waals surface area contributed by atoms with Gasteiger partial charge in [0.2, 0.25) is 0 Å².